The van der Waals surface area contributed by atoms with Gasteiger partial charge in [-0.1, -0.05) is 72.4 Å². The first-order chi connectivity index (χ1) is 14.1. The third-order valence-electron chi connectivity index (χ3n) is 4.35. The number of thioether (sulfide) groups is 1. The second-order valence-corrected chi connectivity index (χ2v) is 8.55. The van der Waals surface area contributed by atoms with Crippen LogP contribution in [0.1, 0.15) is 10.4 Å². The number of rotatable bonds is 6. The Morgan fingerprint density at radius 1 is 1.10 bits per heavy atom. The average molecular weight is 423 g/mol. The van der Waals surface area contributed by atoms with Crippen molar-refractivity contribution < 1.29 is 9.53 Å². The van der Waals surface area contributed by atoms with Crippen LogP contribution in [-0.2, 0) is 16.1 Å². The lowest BCUT2D eigenvalue weighted by atomic mass is 10.0. The number of aromatic amines is 1. The summed E-state index contributed by atoms with van der Waals surface area (Å²) in [5.74, 6) is -0.272. The Morgan fingerprint density at radius 2 is 1.79 bits per heavy atom. The Labute approximate surface area is 175 Å². The van der Waals surface area contributed by atoms with Crippen molar-refractivity contribution in [1.82, 2.24) is 9.97 Å². The minimum Gasteiger partial charge on any atom is -0.460 e. The van der Waals surface area contributed by atoms with Crippen LogP contribution >= 0.6 is 23.1 Å². The van der Waals surface area contributed by atoms with Gasteiger partial charge < -0.3 is 9.72 Å². The summed E-state index contributed by atoms with van der Waals surface area (Å²) in [6.07, 6.45) is 0. The molecular weight excluding hydrogens is 404 g/mol. The van der Waals surface area contributed by atoms with Gasteiger partial charge in [0.15, 0.2) is 5.16 Å². The van der Waals surface area contributed by atoms with Crippen molar-refractivity contribution in [1.29, 1.82) is 0 Å². The number of hydrogen-bond donors (Lipinski definition) is 1. The van der Waals surface area contributed by atoms with Crippen LogP contribution in [0.25, 0.3) is 21.3 Å². The van der Waals surface area contributed by atoms with Crippen LogP contribution in [0, 0.1) is 6.92 Å². The lowest BCUT2D eigenvalue weighted by Crippen LogP contribution is -2.11. The molecule has 7 heteroatoms. The first-order valence-electron chi connectivity index (χ1n) is 9.03. The number of nitrogens with one attached hydrogen (secondary N) is 1. The molecule has 5 nitrogen and oxygen atoms in total. The standard InChI is InChI=1S/C22H18N2O3S2/c1-14-18(16-10-6-3-7-11-16)19-20(26)23-22(24-21(19)29-14)28-13-17(25)27-12-15-8-4-2-5-9-15/h2-11H,12-13H2,1H3,(H,23,24,26). The van der Waals surface area contributed by atoms with Crippen LogP contribution in [0.3, 0.4) is 0 Å². The molecular formula is C22H18N2O3S2. The molecule has 29 heavy (non-hydrogen) atoms. The van der Waals surface area contributed by atoms with Gasteiger partial charge in [0.05, 0.1) is 11.1 Å². The molecule has 0 spiro atoms. The zero-order valence-corrected chi connectivity index (χ0v) is 17.3. The number of esters is 1. The number of fused-ring (bicyclic) bond motifs is 1. The number of carbonyl (C=O) groups excluding carboxylic acids is 1. The van der Waals surface area contributed by atoms with E-state index in [0.29, 0.717) is 15.4 Å². The number of benzene rings is 2. The zero-order chi connectivity index (χ0) is 20.2. The van der Waals surface area contributed by atoms with Gasteiger partial charge in [-0.15, -0.1) is 11.3 Å². The normalized spacial score (nSPS) is 10.9. The van der Waals surface area contributed by atoms with E-state index in [9.17, 15) is 9.59 Å². The number of aromatic nitrogens is 2. The van der Waals surface area contributed by atoms with Gasteiger partial charge in [-0.25, -0.2) is 4.98 Å². The molecule has 0 aliphatic rings. The van der Waals surface area contributed by atoms with E-state index >= 15 is 0 Å². The quantitative estimate of drug-likeness (QED) is 0.275. The maximum absolute atomic E-state index is 12.7. The summed E-state index contributed by atoms with van der Waals surface area (Å²) in [7, 11) is 0. The van der Waals surface area contributed by atoms with Crippen molar-refractivity contribution in [2.75, 3.05) is 5.75 Å². The van der Waals surface area contributed by atoms with E-state index in [2.05, 4.69) is 9.97 Å². The van der Waals surface area contributed by atoms with Gasteiger partial charge in [-0.2, -0.15) is 0 Å². The lowest BCUT2D eigenvalue weighted by molar-refractivity contribution is -0.141. The highest BCUT2D eigenvalue weighted by Crippen LogP contribution is 2.35. The summed E-state index contributed by atoms with van der Waals surface area (Å²) < 4.78 is 5.27. The van der Waals surface area contributed by atoms with E-state index in [0.717, 1.165) is 21.6 Å². The smallest absolute Gasteiger partial charge is 0.316 e. The summed E-state index contributed by atoms with van der Waals surface area (Å²) in [5, 5.41) is 1.01. The second-order valence-electron chi connectivity index (χ2n) is 6.39. The van der Waals surface area contributed by atoms with Crippen molar-refractivity contribution >= 4 is 39.3 Å². The Morgan fingerprint density at radius 3 is 2.52 bits per heavy atom. The Balaban J connectivity index is 1.49. The molecule has 1 N–H and O–H groups in total. The molecule has 0 unspecified atom stereocenters. The molecule has 0 bridgehead atoms. The van der Waals surface area contributed by atoms with Gasteiger partial charge in [0.25, 0.3) is 5.56 Å². The molecule has 0 atom stereocenters. The molecule has 2 aromatic heterocycles. The molecule has 4 rings (SSSR count). The predicted molar refractivity (Wildman–Crippen MR) is 117 cm³/mol. The highest BCUT2D eigenvalue weighted by molar-refractivity contribution is 7.99. The summed E-state index contributed by atoms with van der Waals surface area (Å²) in [4.78, 5) is 33.8. The Kier molecular flexibility index (Phi) is 5.78. The largest absolute Gasteiger partial charge is 0.460 e. The van der Waals surface area contributed by atoms with Gasteiger partial charge in [0.2, 0.25) is 0 Å². The molecule has 0 amide bonds. The fraction of sp³-hybridized carbons (Fsp3) is 0.136. The van der Waals surface area contributed by atoms with Crippen LogP contribution in [0.5, 0.6) is 0 Å². The first-order valence-corrected chi connectivity index (χ1v) is 10.8. The first kappa shape index (κ1) is 19.4. The van der Waals surface area contributed by atoms with Crippen molar-refractivity contribution in [2.45, 2.75) is 18.7 Å². The SMILES string of the molecule is Cc1sc2nc(SCC(=O)OCc3ccccc3)[nH]c(=O)c2c1-c1ccccc1. The van der Waals surface area contributed by atoms with Crippen LogP contribution in [0.15, 0.2) is 70.6 Å². The second kappa shape index (κ2) is 8.63. The third-order valence-corrected chi connectivity index (χ3v) is 6.19. The topological polar surface area (TPSA) is 72.0 Å². The van der Waals surface area contributed by atoms with Gasteiger partial charge in [-0.05, 0) is 18.1 Å². The van der Waals surface area contributed by atoms with Gasteiger partial charge in [-0.3, -0.25) is 9.59 Å². The van der Waals surface area contributed by atoms with E-state index in [-0.39, 0.29) is 23.9 Å². The molecule has 0 fully saturated rings. The van der Waals surface area contributed by atoms with Gasteiger partial charge in [0, 0.05) is 10.4 Å². The molecule has 4 aromatic rings. The summed E-state index contributed by atoms with van der Waals surface area (Å²) in [6, 6.07) is 19.3. The number of ether oxygens (including phenoxy) is 1. The van der Waals surface area contributed by atoms with E-state index in [4.69, 9.17) is 4.74 Å². The Hall–Kier alpha value is -2.90. The highest BCUT2D eigenvalue weighted by Gasteiger charge is 2.17. The van der Waals surface area contributed by atoms with Gasteiger partial charge in [0.1, 0.15) is 11.4 Å². The summed E-state index contributed by atoms with van der Waals surface area (Å²) in [6.45, 7) is 2.22. The van der Waals surface area contributed by atoms with E-state index in [1.54, 1.807) is 0 Å². The highest BCUT2D eigenvalue weighted by atomic mass is 32.2. The Bertz CT molecular complexity index is 1200. The molecule has 2 heterocycles. The lowest BCUT2D eigenvalue weighted by Gasteiger charge is -2.05. The molecule has 2 aromatic carbocycles. The van der Waals surface area contributed by atoms with E-state index < -0.39 is 0 Å². The maximum atomic E-state index is 12.7. The number of H-pyrrole nitrogens is 1. The van der Waals surface area contributed by atoms with Crippen molar-refractivity contribution in [2.24, 2.45) is 0 Å². The minimum atomic E-state index is -0.353. The third kappa shape index (κ3) is 4.41. The molecule has 0 saturated heterocycles. The summed E-state index contributed by atoms with van der Waals surface area (Å²) in [5.41, 5.74) is 2.64. The van der Waals surface area contributed by atoms with Gasteiger partial charge >= 0.3 is 5.97 Å². The van der Waals surface area contributed by atoms with Crippen LogP contribution in [-0.4, -0.2) is 21.7 Å². The average Bonchev–Trinajstić information content (AvgIpc) is 3.08. The number of nitrogens with zero attached hydrogens (tertiary/aromatic N) is 1. The van der Waals surface area contributed by atoms with E-state index in [1.807, 2.05) is 67.6 Å². The number of hydrogen-bond acceptors (Lipinski definition) is 6. The molecule has 0 saturated carbocycles. The fourth-order valence-electron chi connectivity index (χ4n) is 3.03. The molecule has 0 aliphatic heterocycles. The maximum Gasteiger partial charge on any atom is 0.316 e. The van der Waals surface area contributed by atoms with Crippen molar-refractivity contribution in [3.63, 3.8) is 0 Å². The fourth-order valence-corrected chi connectivity index (χ4v) is 4.79. The minimum absolute atomic E-state index is 0.0805. The molecule has 146 valence electrons. The monoisotopic (exact) mass is 422 g/mol. The van der Waals surface area contributed by atoms with Crippen molar-refractivity contribution in [3.05, 3.63) is 81.5 Å². The van der Waals surface area contributed by atoms with Crippen LogP contribution < -0.4 is 5.56 Å². The zero-order valence-electron chi connectivity index (χ0n) is 15.7. The predicted octanol–water partition coefficient (Wildman–Crippen LogP) is 4.80. The van der Waals surface area contributed by atoms with Crippen LogP contribution in [0.2, 0.25) is 0 Å². The molecule has 0 radical (unpaired) electrons. The number of aryl methyl sites for hydroxylation is 1. The van der Waals surface area contributed by atoms with E-state index in [1.165, 1.54) is 23.1 Å². The number of carbonyl (C=O) groups is 1. The molecule has 0 aliphatic carbocycles. The van der Waals surface area contributed by atoms with Crippen LogP contribution in [0.4, 0.5) is 0 Å². The van der Waals surface area contributed by atoms with Crippen molar-refractivity contribution in [3.8, 4) is 11.1 Å². The number of thiophene rings is 1. The summed E-state index contributed by atoms with van der Waals surface area (Å²) >= 11 is 2.65.